The van der Waals surface area contributed by atoms with E-state index in [0.29, 0.717) is 37.6 Å². The van der Waals surface area contributed by atoms with E-state index in [2.05, 4.69) is 15.9 Å². The van der Waals surface area contributed by atoms with Crippen molar-refractivity contribution in [1.29, 1.82) is 0 Å². The van der Waals surface area contributed by atoms with Crippen LogP contribution in [0.25, 0.3) is 0 Å². The summed E-state index contributed by atoms with van der Waals surface area (Å²) in [7, 11) is -3.46. The summed E-state index contributed by atoms with van der Waals surface area (Å²) in [4.78, 5) is 14.4. The number of Topliss-reactive ketones (excluding diaryl/α,β-unsaturated/α-hetero) is 1. The van der Waals surface area contributed by atoms with E-state index in [-0.39, 0.29) is 11.2 Å². The third-order valence-electron chi connectivity index (χ3n) is 3.99. The first-order valence-corrected chi connectivity index (χ1v) is 9.85. The van der Waals surface area contributed by atoms with Gasteiger partial charge in [0.15, 0.2) is 5.78 Å². The predicted molar refractivity (Wildman–Crippen MR) is 93.8 cm³/mol. The number of carbonyl (C=O) groups excluding carboxylic acids is 1. The number of hydrogen-bond donors (Lipinski definition) is 0. The van der Waals surface area contributed by atoms with Gasteiger partial charge in [0.1, 0.15) is 0 Å². The molecule has 1 aliphatic heterocycles. The molecular weight excluding hydrogens is 380 g/mol. The summed E-state index contributed by atoms with van der Waals surface area (Å²) in [6.45, 7) is 8.09. The number of ketones is 1. The summed E-state index contributed by atoms with van der Waals surface area (Å²) >= 11 is 3.31. The second-order valence-electron chi connectivity index (χ2n) is 6.81. The third-order valence-corrected chi connectivity index (χ3v) is 6.43. The zero-order chi connectivity index (χ0) is 17.3. The molecule has 1 saturated heterocycles. The maximum absolute atomic E-state index is 12.6. The molecular formula is C16H23BrN2O3S. The Bertz CT molecular complexity index is 658. The van der Waals surface area contributed by atoms with E-state index in [0.717, 1.165) is 4.47 Å². The van der Waals surface area contributed by atoms with Crippen LogP contribution >= 0.6 is 15.9 Å². The first-order chi connectivity index (χ1) is 10.6. The van der Waals surface area contributed by atoms with Gasteiger partial charge in [0, 0.05) is 36.1 Å². The van der Waals surface area contributed by atoms with E-state index in [1.54, 1.807) is 24.3 Å². The van der Waals surface area contributed by atoms with Gasteiger partial charge in [0.05, 0.1) is 11.4 Å². The molecule has 0 aromatic heterocycles. The summed E-state index contributed by atoms with van der Waals surface area (Å²) in [5.74, 6) is 0.182. The van der Waals surface area contributed by atoms with Crippen LogP contribution in [-0.4, -0.2) is 56.1 Å². The molecule has 0 spiro atoms. The minimum absolute atomic E-state index is 0.182. The molecule has 0 saturated carbocycles. The molecule has 0 bridgehead atoms. The highest BCUT2D eigenvalue weighted by Gasteiger charge is 2.30. The smallest absolute Gasteiger partial charge is 0.243 e. The Morgan fingerprint density at radius 1 is 1.09 bits per heavy atom. The van der Waals surface area contributed by atoms with Gasteiger partial charge in [-0.25, -0.2) is 8.42 Å². The minimum atomic E-state index is -3.46. The van der Waals surface area contributed by atoms with Crippen molar-refractivity contribution < 1.29 is 13.2 Å². The van der Waals surface area contributed by atoms with Gasteiger partial charge in [-0.05, 0) is 24.3 Å². The van der Waals surface area contributed by atoms with Gasteiger partial charge < -0.3 is 0 Å². The van der Waals surface area contributed by atoms with Crippen LogP contribution in [0.1, 0.15) is 20.8 Å². The van der Waals surface area contributed by atoms with E-state index < -0.39 is 10.0 Å². The standard InChI is InChI=1S/C16H23BrN2O3S/c1-16(2,3)15(20)12-18-8-10-19(11-9-18)23(21,22)14-6-4-13(17)5-7-14/h4-7H,8-12H2,1-3H3. The van der Waals surface area contributed by atoms with E-state index in [1.165, 1.54) is 4.31 Å². The molecule has 0 unspecified atom stereocenters. The highest BCUT2D eigenvalue weighted by atomic mass is 79.9. The van der Waals surface area contributed by atoms with Crippen molar-refractivity contribution in [3.63, 3.8) is 0 Å². The maximum Gasteiger partial charge on any atom is 0.243 e. The van der Waals surface area contributed by atoms with Gasteiger partial charge in [0.25, 0.3) is 0 Å². The van der Waals surface area contributed by atoms with Crippen LogP contribution in [0.15, 0.2) is 33.6 Å². The summed E-state index contributed by atoms with van der Waals surface area (Å²) in [6, 6.07) is 6.67. The number of halogens is 1. The SMILES string of the molecule is CC(C)(C)C(=O)CN1CCN(S(=O)(=O)c2ccc(Br)cc2)CC1. The van der Waals surface area contributed by atoms with Gasteiger partial charge in [-0.15, -0.1) is 0 Å². The average molecular weight is 403 g/mol. The molecule has 0 radical (unpaired) electrons. The molecule has 1 aliphatic rings. The van der Waals surface area contributed by atoms with Crippen LogP contribution in [0.5, 0.6) is 0 Å². The lowest BCUT2D eigenvalue weighted by Gasteiger charge is -2.34. The molecule has 1 aromatic carbocycles. The van der Waals surface area contributed by atoms with E-state index in [1.807, 2.05) is 25.7 Å². The number of benzene rings is 1. The van der Waals surface area contributed by atoms with Crippen molar-refractivity contribution in [2.45, 2.75) is 25.7 Å². The molecule has 0 amide bonds. The lowest BCUT2D eigenvalue weighted by atomic mass is 9.90. The highest BCUT2D eigenvalue weighted by molar-refractivity contribution is 9.10. The van der Waals surface area contributed by atoms with E-state index in [4.69, 9.17) is 0 Å². The fourth-order valence-corrected chi connectivity index (χ4v) is 4.01. The maximum atomic E-state index is 12.6. The van der Waals surface area contributed by atoms with Crippen LogP contribution in [0.3, 0.4) is 0 Å². The van der Waals surface area contributed by atoms with Crippen molar-refractivity contribution >= 4 is 31.7 Å². The van der Waals surface area contributed by atoms with Crippen molar-refractivity contribution in [2.24, 2.45) is 5.41 Å². The Hall–Kier alpha value is -0.760. The Morgan fingerprint density at radius 3 is 2.09 bits per heavy atom. The monoisotopic (exact) mass is 402 g/mol. The quantitative estimate of drug-likeness (QED) is 0.775. The molecule has 1 fully saturated rings. The van der Waals surface area contributed by atoms with Gasteiger partial charge in [-0.3, -0.25) is 9.69 Å². The molecule has 1 aromatic rings. The second-order valence-corrected chi connectivity index (χ2v) is 9.66. The molecule has 2 rings (SSSR count). The summed E-state index contributed by atoms with van der Waals surface area (Å²) in [5.41, 5.74) is -0.360. The summed E-state index contributed by atoms with van der Waals surface area (Å²) in [5, 5.41) is 0. The van der Waals surface area contributed by atoms with Crippen LogP contribution < -0.4 is 0 Å². The molecule has 0 aliphatic carbocycles. The fourth-order valence-electron chi connectivity index (χ4n) is 2.32. The van der Waals surface area contributed by atoms with Crippen LogP contribution in [0, 0.1) is 5.41 Å². The number of nitrogens with zero attached hydrogens (tertiary/aromatic N) is 2. The van der Waals surface area contributed by atoms with E-state index in [9.17, 15) is 13.2 Å². The number of hydrogen-bond acceptors (Lipinski definition) is 4. The highest BCUT2D eigenvalue weighted by Crippen LogP contribution is 2.21. The normalized spacial score (nSPS) is 18.1. The number of carbonyl (C=O) groups is 1. The van der Waals surface area contributed by atoms with Gasteiger partial charge in [-0.2, -0.15) is 4.31 Å². The molecule has 0 N–H and O–H groups in total. The molecule has 7 heteroatoms. The first-order valence-electron chi connectivity index (χ1n) is 7.62. The van der Waals surface area contributed by atoms with Crippen molar-refractivity contribution in [3.8, 4) is 0 Å². The minimum Gasteiger partial charge on any atom is -0.298 e. The number of rotatable bonds is 4. The Morgan fingerprint density at radius 2 is 1.61 bits per heavy atom. The van der Waals surface area contributed by atoms with Gasteiger partial charge in [0.2, 0.25) is 10.0 Å². The summed E-state index contributed by atoms with van der Waals surface area (Å²) in [6.07, 6.45) is 0. The third kappa shape index (κ3) is 4.62. The fraction of sp³-hybridized carbons (Fsp3) is 0.562. The molecule has 23 heavy (non-hydrogen) atoms. The molecule has 1 heterocycles. The topological polar surface area (TPSA) is 57.7 Å². The summed E-state index contributed by atoms with van der Waals surface area (Å²) < 4.78 is 27.6. The Kier molecular flexibility index (Phi) is 5.66. The lowest BCUT2D eigenvalue weighted by molar-refractivity contribution is -0.127. The van der Waals surface area contributed by atoms with Gasteiger partial charge in [-0.1, -0.05) is 36.7 Å². The number of piperazine rings is 1. The lowest BCUT2D eigenvalue weighted by Crippen LogP contribution is -2.50. The Labute approximate surface area is 146 Å². The van der Waals surface area contributed by atoms with Crippen molar-refractivity contribution in [3.05, 3.63) is 28.7 Å². The first kappa shape index (κ1) is 18.6. The Balaban J connectivity index is 1.98. The largest absolute Gasteiger partial charge is 0.298 e. The van der Waals surface area contributed by atoms with E-state index >= 15 is 0 Å². The van der Waals surface area contributed by atoms with Crippen LogP contribution in [0.2, 0.25) is 0 Å². The molecule has 5 nitrogen and oxygen atoms in total. The number of sulfonamides is 1. The zero-order valence-electron chi connectivity index (χ0n) is 13.8. The average Bonchev–Trinajstić information content (AvgIpc) is 2.47. The van der Waals surface area contributed by atoms with Crippen molar-refractivity contribution in [2.75, 3.05) is 32.7 Å². The molecule has 128 valence electrons. The van der Waals surface area contributed by atoms with Gasteiger partial charge >= 0.3 is 0 Å². The zero-order valence-corrected chi connectivity index (χ0v) is 16.2. The molecule has 0 atom stereocenters. The van der Waals surface area contributed by atoms with Crippen LogP contribution in [-0.2, 0) is 14.8 Å². The predicted octanol–water partition coefficient (Wildman–Crippen LogP) is 2.37. The van der Waals surface area contributed by atoms with Crippen LogP contribution in [0.4, 0.5) is 0 Å². The van der Waals surface area contributed by atoms with Crippen molar-refractivity contribution in [1.82, 2.24) is 9.21 Å². The second kappa shape index (κ2) is 7.01.